The topological polar surface area (TPSA) is 51.2 Å². The maximum atomic E-state index is 9.42. The molecule has 0 amide bonds. The zero-order valence-electron chi connectivity index (χ0n) is 2.63. The van der Waals surface area contributed by atoms with Gasteiger partial charge < -0.3 is 0 Å². The van der Waals surface area contributed by atoms with E-state index in [1.165, 1.54) is 0 Å². The van der Waals surface area contributed by atoms with Gasteiger partial charge in [-0.2, -0.15) is 8.42 Å². The fraction of sp³-hybridized carbons (Fsp3) is 0. The van der Waals surface area contributed by atoms with E-state index in [0.29, 0.717) is 0 Å². The molecule has 0 spiro atoms. The molecule has 1 unspecified atom stereocenters. The summed E-state index contributed by atoms with van der Waals surface area (Å²) in [6.45, 7) is 0. The first-order chi connectivity index (χ1) is 2.77. The highest BCUT2D eigenvalue weighted by molar-refractivity contribution is 7.94. The van der Waals surface area contributed by atoms with Gasteiger partial charge in [0.2, 0.25) is 9.70 Å². The van der Waals surface area contributed by atoms with E-state index in [-0.39, 0.29) is 1.43 Å². The van der Waals surface area contributed by atoms with Crippen LogP contribution < -0.4 is 0 Å². The second kappa shape index (κ2) is 3.33. The highest BCUT2D eigenvalue weighted by Crippen LogP contribution is 1.72. The van der Waals surface area contributed by atoms with Crippen molar-refractivity contribution in [2.45, 2.75) is 0 Å². The van der Waals surface area contributed by atoms with Crippen molar-refractivity contribution in [1.82, 2.24) is 0 Å². The molecule has 0 aliphatic heterocycles. The first-order valence-electron chi connectivity index (χ1n) is 0.992. The lowest BCUT2D eigenvalue weighted by atomic mass is 15.9. The van der Waals surface area contributed by atoms with E-state index in [9.17, 15) is 13.0 Å². The molecule has 0 aromatic heterocycles. The van der Waals surface area contributed by atoms with Crippen molar-refractivity contribution in [3.63, 3.8) is 0 Å². The summed E-state index contributed by atoms with van der Waals surface area (Å²) in [5.74, 6) is 0. The van der Waals surface area contributed by atoms with E-state index in [1.807, 2.05) is 0 Å². The van der Waals surface area contributed by atoms with Crippen LogP contribution in [0.3, 0.4) is 0 Å². The largest absolute Gasteiger partial charge is 0.549 e. The molecule has 0 heterocycles. The molecule has 6 heteroatoms. The lowest BCUT2D eigenvalue weighted by Crippen LogP contribution is -1.55. The van der Waals surface area contributed by atoms with Gasteiger partial charge in [-0.15, -0.1) is 0 Å². The van der Waals surface area contributed by atoms with Crippen LogP contribution in [0.1, 0.15) is 1.43 Å². The second-order valence-electron chi connectivity index (χ2n) is 0.439. The van der Waals surface area contributed by atoms with Gasteiger partial charge in [0, 0.05) is 1.43 Å². The van der Waals surface area contributed by atoms with E-state index in [0.717, 1.165) is 0 Å². The molecule has 0 saturated heterocycles. The Morgan fingerprint density at radius 3 is 2.17 bits per heavy atom. The van der Waals surface area contributed by atoms with Gasteiger partial charge in [0.1, 0.15) is 0 Å². The molecular formula is H3O3PSSi+. The number of hydrogen-bond acceptors (Lipinski definition) is 3. The monoisotopic (exact) mass is 142 g/mol. The van der Waals surface area contributed by atoms with Crippen LogP contribution in [0.15, 0.2) is 0 Å². The third-order valence-corrected chi connectivity index (χ3v) is 3.38. The summed E-state index contributed by atoms with van der Waals surface area (Å²) in [5.41, 5.74) is 0. The van der Waals surface area contributed by atoms with Crippen LogP contribution in [-0.4, -0.2) is 16.3 Å². The second-order valence-corrected chi connectivity index (χ2v) is 5.38. The van der Waals surface area contributed by atoms with Crippen molar-refractivity contribution in [3.05, 3.63) is 0 Å². The van der Waals surface area contributed by atoms with Gasteiger partial charge in [-0.1, -0.05) is 4.57 Å². The molecule has 0 aliphatic rings. The Kier molecular flexibility index (Phi) is 3.41. The van der Waals surface area contributed by atoms with Crippen LogP contribution in [0.25, 0.3) is 0 Å². The Balaban J connectivity index is 0. The van der Waals surface area contributed by atoms with Gasteiger partial charge in [-0.05, 0) is 0 Å². The van der Waals surface area contributed by atoms with Crippen LogP contribution in [0, 0.1) is 0 Å². The normalized spacial score (nSPS) is 8.00. The maximum absolute atomic E-state index is 9.42. The van der Waals surface area contributed by atoms with E-state index in [2.05, 4.69) is 0 Å². The lowest BCUT2D eigenvalue weighted by molar-refractivity contribution is 0.605. The van der Waals surface area contributed by atoms with Crippen molar-refractivity contribution in [3.8, 4) is 0 Å². The van der Waals surface area contributed by atoms with Gasteiger partial charge >= 0.3 is 15.9 Å². The van der Waals surface area contributed by atoms with Crippen LogP contribution in [0.5, 0.6) is 0 Å². The highest BCUT2D eigenvalue weighted by Gasteiger charge is 1.82. The predicted molar refractivity (Wildman–Crippen MR) is 25.8 cm³/mol. The SMILES string of the molecule is O=[PH+][Si]=S(=O)=O.[HH]. The molecule has 0 aromatic rings. The predicted octanol–water partition coefficient (Wildman–Crippen LogP) is -0.330. The molecule has 3 nitrogen and oxygen atoms in total. The van der Waals surface area contributed by atoms with Gasteiger partial charge in [0.15, 0.2) is 0 Å². The molecule has 0 aromatic carbocycles. The summed E-state index contributed by atoms with van der Waals surface area (Å²) < 4.78 is 28.2. The van der Waals surface area contributed by atoms with Gasteiger partial charge in [0.25, 0.3) is 0 Å². The average Bonchev–Trinajstić information content (AvgIpc) is 1.35. The van der Waals surface area contributed by atoms with Crippen molar-refractivity contribution >= 4 is 25.6 Å². The Morgan fingerprint density at radius 2 is 2.17 bits per heavy atom. The minimum atomic E-state index is -2.09. The average molecular weight is 142 g/mol. The molecule has 35 valence electrons. The molecule has 0 fully saturated rings. The standard InChI is InChI=1S/HO3PSSi.H2/c1-4-6-5(2)3;/h4H;1H/q+1;. The fourth-order valence-corrected chi connectivity index (χ4v) is 0.919. The Morgan fingerprint density at radius 1 is 1.67 bits per heavy atom. The van der Waals surface area contributed by atoms with Gasteiger partial charge in [-0.25, -0.2) is 0 Å². The summed E-state index contributed by atoms with van der Waals surface area (Å²) >= 11 is 0. The fourth-order valence-electron chi connectivity index (χ4n) is 0.0340. The molecule has 1 radical (unpaired) electrons. The molecule has 0 rings (SSSR count). The Labute approximate surface area is 40.8 Å². The third-order valence-electron chi connectivity index (χ3n) is 0.125. The zero-order valence-corrected chi connectivity index (χ0v) is 5.45. The van der Waals surface area contributed by atoms with Crippen LogP contribution in [0.4, 0.5) is 0 Å². The van der Waals surface area contributed by atoms with Crippen molar-refractivity contribution in [1.29, 1.82) is 0 Å². The van der Waals surface area contributed by atoms with Crippen molar-refractivity contribution < 1.29 is 14.4 Å². The minimum absolute atomic E-state index is 0. The van der Waals surface area contributed by atoms with E-state index in [1.54, 1.807) is 0 Å². The molecule has 6 heavy (non-hydrogen) atoms. The van der Waals surface area contributed by atoms with E-state index in [4.69, 9.17) is 0 Å². The third kappa shape index (κ3) is 4.14. The summed E-state index contributed by atoms with van der Waals surface area (Å²) in [6.07, 6.45) is 0. The van der Waals surface area contributed by atoms with Crippen molar-refractivity contribution in [2.24, 2.45) is 0 Å². The quantitative estimate of drug-likeness (QED) is 0.372. The van der Waals surface area contributed by atoms with E-state index < -0.39 is 25.6 Å². The number of rotatable bonds is 1. The molecule has 0 N–H and O–H groups in total. The smallest absolute Gasteiger partial charge is 0.189 e. The Bertz CT molecular complexity index is 150. The summed E-state index contributed by atoms with van der Waals surface area (Å²) in [5, 5.41) is 0. The summed E-state index contributed by atoms with van der Waals surface area (Å²) in [4.78, 5) is 0. The summed E-state index contributed by atoms with van der Waals surface area (Å²) in [7, 11) is -3.22. The zero-order chi connectivity index (χ0) is 4.99. The van der Waals surface area contributed by atoms with Crippen LogP contribution in [-0.2, 0) is 14.3 Å². The number of hydrogen-bond donors (Lipinski definition) is 0. The van der Waals surface area contributed by atoms with E-state index >= 15 is 0 Å². The Hall–Kier alpha value is 0.137. The lowest BCUT2D eigenvalue weighted by Gasteiger charge is -1.25. The van der Waals surface area contributed by atoms with Crippen molar-refractivity contribution in [2.75, 3.05) is 0 Å². The molecule has 1 atom stereocenters. The van der Waals surface area contributed by atoms with Gasteiger partial charge in [0.05, 0.1) is 0 Å². The van der Waals surface area contributed by atoms with Gasteiger partial charge in [-0.3, -0.25) is 0 Å². The molecule has 0 saturated carbocycles. The van der Waals surface area contributed by atoms with Crippen LogP contribution >= 0.6 is 8.01 Å². The molecule has 0 aliphatic carbocycles. The van der Waals surface area contributed by atoms with Crippen LogP contribution in [0.2, 0.25) is 0 Å². The highest BCUT2D eigenvalue weighted by atomic mass is 32.3. The minimum Gasteiger partial charge on any atom is -0.189 e. The summed E-state index contributed by atoms with van der Waals surface area (Å²) in [6, 6.07) is 0. The maximum Gasteiger partial charge on any atom is 0.549 e. The molecular weight excluding hydrogens is 139 g/mol. The first kappa shape index (κ1) is 6.14. The first-order valence-corrected chi connectivity index (χ1v) is 5.70. The molecule has 0 bridgehead atoms.